The second-order valence-electron chi connectivity index (χ2n) is 6.98. The highest BCUT2D eigenvalue weighted by Crippen LogP contribution is 2.26. The second kappa shape index (κ2) is 10.5. The zero-order valence-corrected chi connectivity index (χ0v) is 21.5. The van der Waals surface area contributed by atoms with E-state index in [-0.39, 0.29) is 11.4 Å². The van der Waals surface area contributed by atoms with Gasteiger partial charge in [0.2, 0.25) is 15.9 Å². The number of nitrogens with one attached hydrogen (secondary N) is 1. The summed E-state index contributed by atoms with van der Waals surface area (Å²) in [4.78, 5) is 12.9. The minimum Gasteiger partial charge on any atom is -0.325 e. The number of amides is 1. The standard InChI is InChI=1S/C22H18BrCl3N2O3S/c1-14-2-6-17(24)11-21(14)27-22(29)13-28(12-15-3-9-19(25)20(26)10-15)32(30,31)18-7-4-16(23)5-8-18/h2-11H,12-13H2,1H3,(H,27,29). The molecule has 1 amide bonds. The molecule has 0 saturated heterocycles. The molecule has 3 aromatic rings. The van der Waals surface area contributed by atoms with Gasteiger partial charge in [0, 0.05) is 21.7 Å². The molecule has 0 heterocycles. The summed E-state index contributed by atoms with van der Waals surface area (Å²) in [5, 5.41) is 3.84. The molecule has 0 unspecified atom stereocenters. The van der Waals surface area contributed by atoms with E-state index in [1.165, 1.54) is 12.1 Å². The molecule has 3 rings (SSSR count). The van der Waals surface area contributed by atoms with Gasteiger partial charge in [0.25, 0.3) is 0 Å². The zero-order chi connectivity index (χ0) is 23.5. The summed E-state index contributed by atoms with van der Waals surface area (Å²) in [5.41, 5.74) is 1.90. The fourth-order valence-corrected chi connectivity index (χ4v) is 5.04. The maximum Gasteiger partial charge on any atom is 0.243 e. The van der Waals surface area contributed by atoms with Crippen LogP contribution in [0.15, 0.2) is 70.0 Å². The van der Waals surface area contributed by atoms with E-state index < -0.39 is 22.5 Å². The normalized spacial score (nSPS) is 11.6. The van der Waals surface area contributed by atoms with Crippen LogP contribution in [0.5, 0.6) is 0 Å². The first-order chi connectivity index (χ1) is 15.1. The third kappa shape index (κ3) is 6.25. The van der Waals surface area contributed by atoms with E-state index in [9.17, 15) is 13.2 Å². The number of carbonyl (C=O) groups is 1. The highest BCUT2D eigenvalue weighted by atomic mass is 79.9. The van der Waals surface area contributed by atoms with Crippen LogP contribution < -0.4 is 5.32 Å². The number of rotatable bonds is 7. The Kier molecular flexibility index (Phi) is 8.25. The van der Waals surface area contributed by atoms with Crippen molar-refractivity contribution in [3.63, 3.8) is 0 Å². The first-order valence-corrected chi connectivity index (χ1v) is 12.7. The van der Waals surface area contributed by atoms with Crippen LogP contribution in [0.25, 0.3) is 0 Å². The first kappa shape index (κ1) is 25.0. The smallest absolute Gasteiger partial charge is 0.243 e. The van der Waals surface area contributed by atoms with Crippen molar-refractivity contribution in [3.8, 4) is 0 Å². The Morgan fingerprint density at radius 3 is 2.31 bits per heavy atom. The summed E-state index contributed by atoms with van der Waals surface area (Å²) in [6, 6.07) is 16.1. The van der Waals surface area contributed by atoms with E-state index >= 15 is 0 Å². The largest absolute Gasteiger partial charge is 0.325 e. The highest BCUT2D eigenvalue weighted by Gasteiger charge is 2.27. The van der Waals surface area contributed by atoms with Crippen LogP contribution in [-0.2, 0) is 21.4 Å². The van der Waals surface area contributed by atoms with Crippen molar-refractivity contribution in [1.29, 1.82) is 0 Å². The van der Waals surface area contributed by atoms with Crippen molar-refractivity contribution in [1.82, 2.24) is 4.31 Å². The summed E-state index contributed by atoms with van der Waals surface area (Å²) >= 11 is 21.4. The van der Waals surface area contributed by atoms with Gasteiger partial charge in [-0.25, -0.2) is 8.42 Å². The van der Waals surface area contributed by atoms with E-state index in [0.717, 1.165) is 14.3 Å². The third-order valence-corrected chi connectivity index (χ3v) is 7.90. The Hall–Kier alpha value is -1.61. The SMILES string of the molecule is Cc1ccc(Cl)cc1NC(=O)CN(Cc1ccc(Cl)c(Cl)c1)S(=O)(=O)c1ccc(Br)cc1. The molecule has 168 valence electrons. The molecule has 0 atom stereocenters. The van der Waals surface area contributed by atoms with Gasteiger partial charge >= 0.3 is 0 Å². The predicted octanol–water partition coefficient (Wildman–Crippen LogP) is 6.55. The van der Waals surface area contributed by atoms with E-state index in [2.05, 4.69) is 21.2 Å². The molecule has 1 N–H and O–H groups in total. The van der Waals surface area contributed by atoms with Gasteiger partial charge in [0.05, 0.1) is 21.5 Å². The van der Waals surface area contributed by atoms with Gasteiger partial charge in [-0.2, -0.15) is 4.31 Å². The summed E-state index contributed by atoms with van der Waals surface area (Å²) in [5.74, 6) is -0.504. The lowest BCUT2D eigenvalue weighted by Gasteiger charge is -2.22. The van der Waals surface area contributed by atoms with Crippen LogP contribution in [0, 0.1) is 6.92 Å². The Labute approximate surface area is 210 Å². The van der Waals surface area contributed by atoms with Crippen molar-refractivity contribution in [2.45, 2.75) is 18.4 Å². The monoisotopic (exact) mass is 574 g/mol. The maximum absolute atomic E-state index is 13.4. The lowest BCUT2D eigenvalue weighted by molar-refractivity contribution is -0.116. The van der Waals surface area contributed by atoms with E-state index in [0.29, 0.717) is 26.3 Å². The van der Waals surface area contributed by atoms with Crippen molar-refractivity contribution in [2.24, 2.45) is 0 Å². The molecule has 0 aliphatic carbocycles. The molecule has 0 saturated carbocycles. The lowest BCUT2D eigenvalue weighted by Crippen LogP contribution is -2.37. The molecule has 0 aliphatic rings. The van der Waals surface area contributed by atoms with E-state index in [1.807, 2.05) is 6.92 Å². The summed E-state index contributed by atoms with van der Waals surface area (Å²) in [6.45, 7) is 1.33. The lowest BCUT2D eigenvalue weighted by atomic mass is 10.2. The van der Waals surface area contributed by atoms with Gasteiger partial charge < -0.3 is 5.32 Å². The number of sulfonamides is 1. The highest BCUT2D eigenvalue weighted by molar-refractivity contribution is 9.10. The molecule has 0 bridgehead atoms. The number of nitrogens with zero attached hydrogens (tertiary/aromatic N) is 1. The maximum atomic E-state index is 13.4. The Morgan fingerprint density at radius 2 is 1.66 bits per heavy atom. The van der Waals surface area contributed by atoms with Gasteiger partial charge in [-0.3, -0.25) is 4.79 Å². The average Bonchev–Trinajstić information content (AvgIpc) is 2.73. The summed E-state index contributed by atoms with van der Waals surface area (Å²) in [6.07, 6.45) is 0. The number of halogens is 4. The summed E-state index contributed by atoms with van der Waals surface area (Å²) in [7, 11) is -4.00. The number of anilines is 1. The van der Waals surface area contributed by atoms with Crippen molar-refractivity contribution in [3.05, 3.63) is 91.3 Å². The molecule has 0 spiro atoms. The van der Waals surface area contributed by atoms with Crippen molar-refractivity contribution >= 4 is 72.4 Å². The minimum absolute atomic E-state index is 0.0625. The Bertz CT molecular complexity index is 1250. The van der Waals surface area contributed by atoms with Crippen molar-refractivity contribution < 1.29 is 13.2 Å². The van der Waals surface area contributed by atoms with Crippen LogP contribution in [0.2, 0.25) is 15.1 Å². The van der Waals surface area contributed by atoms with Gasteiger partial charge in [-0.05, 0) is 66.6 Å². The Balaban J connectivity index is 1.92. The molecule has 0 aromatic heterocycles. The fraction of sp³-hybridized carbons (Fsp3) is 0.136. The number of aryl methyl sites for hydroxylation is 1. The molecule has 0 fully saturated rings. The molecule has 0 radical (unpaired) electrons. The predicted molar refractivity (Wildman–Crippen MR) is 133 cm³/mol. The van der Waals surface area contributed by atoms with Gasteiger partial charge in [-0.15, -0.1) is 0 Å². The molecule has 10 heteroatoms. The quantitative estimate of drug-likeness (QED) is 0.347. The van der Waals surface area contributed by atoms with Crippen LogP contribution in [0.4, 0.5) is 5.69 Å². The van der Waals surface area contributed by atoms with Crippen LogP contribution >= 0.6 is 50.7 Å². The molecular weight excluding hydrogens is 559 g/mol. The number of benzene rings is 3. The molecule has 5 nitrogen and oxygen atoms in total. The van der Waals surface area contributed by atoms with Crippen LogP contribution in [-0.4, -0.2) is 25.2 Å². The average molecular weight is 577 g/mol. The van der Waals surface area contributed by atoms with Gasteiger partial charge in [0.1, 0.15) is 0 Å². The third-order valence-electron chi connectivity index (χ3n) is 4.59. The summed E-state index contributed by atoms with van der Waals surface area (Å²) < 4.78 is 28.5. The fourth-order valence-electron chi connectivity index (χ4n) is 2.90. The Morgan fingerprint density at radius 1 is 0.969 bits per heavy atom. The number of hydrogen-bond acceptors (Lipinski definition) is 3. The van der Waals surface area contributed by atoms with Gasteiger partial charge in [-0.1, -0.05) is 62.9 Å². The molecule has 32 heavy (non-hydrogen) atoms. The van der Waals surface area contributed by atoms with Crippen LogP contribution in [0.1, 0.15) is 11.1 Å². The first-order valence-electron chi connectivity index (χ1n) is 9.32. The van der Waals surface area contributed by atoms with Crippen LogP contribution in [0.3, 0.4) is 0 Å². The molecule has 0 aliphatic heterocycles. The second-order valence-corrected chi connectivity index (χ2v) is 11.1. The minimum atomic E-state index is -4.00. The van der Waals surface area contributed by atoms with Crippen molar-refractivity contribution in [2.75, 3.05) is 11.9 Å². The molecular formula is C22H18BrCl3N2O3S. The zero-order valence-electron chi connectivity index (χ0n) is 16.8. The molecule has 3 aromatic carbocycles. The number of hydrogen-bond donors (Lipinski definition) is 1. The van der Waals surface area contributed by atoms with E-state index in [4.69, 9.17) is 34.8 Å². The topological polar surface area (TPSA) is 66.5 Å². The van der Waals surface area contributed by atoms with Gasteiger partial charge in [0.15, 0.2) is 0 Å². The number of carbonyl (C=O) groups excluding carboxylic acids is 1. The van der Waals surface area contributed by atoms with E-state index in [1.54, 1.807) is 48.5 Å².